The third-order valence-corrected chi connectivity index (χ3v) is 7.72. The molecule has 0 aromatic carbocycles. The summed E-state index contributed by atoms with van der Waals surface area (Å²) < 4.78 is 17.0. The van der Waals surface area contributed by atoms with Crippen molar-refractivity contribution in [1.29, 1.82) is 0 Å². The molecule has 0 aromatic rings. The monoisotopic (exact) mass is 568 g/mol. The van der Waals surface area contributed by atoms with Crippen molar-refractivity contribution < 1.29 is 53.6 Å². The van der Waals surface area contributed by atoms with E-state index in [0.717, 1.165) is 78.5 Å². The highest BCUT2D eigenvalue weighted by molar-refractivity contribution is 5.69. The fourth-order valence-corrected chi connectivity index (χ4v) is 5.41. The second kappa shape index (κ2) is 26.1. The maximum Gasteiger partial charge on any atom is 0.306 e. The molecule has 0 bridgehead atoms. The van der Waals surface area contributed by atoms with Crippen molar-refractivity contribution in [1.82, 2.24) is 0 Å². The van der Waals surface area contributed by atoms with Gasteiger partial charge in [0, 0.05) is 6.42 Å². The van der Waals surface area contributed by atoms with E-state index in [4.69, 9.17) is 14.2 Å². The smallest absolute Gasteiger partial charge is 0.306 e. The Kier molecular flexibility index (Phi) is 26.1. The van der Waals surface area contributed by atoms with Crippen molar-refractivity contribution in [3.05, 3.63) is 0 Å². The quantitative estimate of drug-likeness (QED) is 0.114. The Labute approximate surface area is 240 Å². The zero-order chi connectivity index (χ0) is 24.8. The fraction of sp³-hybridized carbons (Fsp3) is 0.966. The van der Waals surface area contributed by atoms with Gasteiger partial charge in [0.05, 0.1) is 26.4 Å². The number of carbonyl (C=O) groups is 1. The second-order valence-electron chi connectivity index (χ2n) is 10.9. The largest absolute Gasteiger partial charge is 1.00 e. The van der Waals surface area contributed by atoms with Gasteiger partial charge in [0.15, 0.2) is 6.10 Å². The molecule has 0 atom stereocenters. The van der Waals surface area contributed by atoms with Crippen LogP contribution in [-0.2, 0) is 19.0 Å². The Balaban J connectivity index is 0.00000648. The molecule has 222 valence electrons. The zero-order valence-corrected chi connectivity index (χ0v) is 25.4. The molecule has 0 spiro atoms. The molecular weight excluding hydrogens is 511 g/mol. The summed E-state index contributed by atoms with van der Waals surface area (Å²) in [5, 5.41) is 0. The fourth-order valence-electron chi connectivity index (χ4n) is 5.41. The van der Waals surface area contributed by atoms with Gasteiger partial charge >= 0.3 is 5.97 Å². The van der Waals surface area contributed by atoms with Gasteiger partial charge in [-0.2, -0.15) is 0 Å². The van der Waals surface area contributed by atoms with Crippen molar-refractivity contribution in [2.24, 2.45) is 0 Å². The van der Waals surface area contributed by atoms with Crippen LogP contribution in [0.15, 0.2) is 0 Å². The van der Waals surface area contributed by atoms with E-state index in [9.17, 15) is 4.79 Å². The topological polar surface area (TPSA) is 53.6 Å². The highest BCUT2D eigenvalue weighted by atomic mass is 35.5. The summed E-state index contributed by atoms with van der Waals surface area (Å²) in [4.78, 5) is 15.6. The molecule has 2 fully saturated rings. The molecule has 2 aliphatic heterocycles. The van der Waals surface area contributed by atoms with Crippen LogP contribution in [-0.4, -0.2) is 77.8 Å². The number of morpholine rings is 2. The lowest BCUT2D eigenvalue weighted by atomic mass is 10.0. The zero-order valence-electron chi connectivity index (χ0n) is 23.9. The predicted molar refractivity (Wildman–Crippen MR) is 142 cm³/mol. The van der Waals surface area contributed by atoms with Crippen LogP contribution in [0.5, 0.6) is 0 Å². The molecule has 6 nitrogen and oxygen atoms in total. The van der Waals surface area contributed by atoms with E-state index >= 15 is 0 Å². The molecule has 8 heteroatoms. The summed E-state index contributed by atoms with van der Waals surface area (Å²) in [5.74, 6) is 0.00464. The number of hydrogen-bond acceptors (Lipinski definition) is 4. The molecule has 0 unspecified atom stereocenters. The summed E-state index contributed by atoms with van der Waals surface area (Å²) in [5.41, 5.74) is 0. The van der Waals surface area contributed by atoms with Crippen molar-refractivity contribution in [2.45, 2.75) is 116 Å². The predicted octanol–water partition coefficient (Wildman–Crippen LogP) is -3.00. The average molecular weight is 570 g/mol. The minimum Gasteiger partial charge on any atom is -1.00 e. The minimum atomic E-state index is 0. The summed E-state index contributed by atoms with van der Waals surface area (Å²) in [6, 6.07) is 0. The van der Waals surface area contributed by atoms with Crippen LogP contribution in [0.4, 0.5) is 0 Å². The Morgan fingerprint density at radius 2 is 0.973 bits per heavy atom. The maximum atomic E-state index is 12.6. The molecule has 2 heterocycles. The van der Waals surface area contributed by atoms with E-state index in [2.05, 4.69) is 6.92 Å². The number of ether oxygens (including phenoxy) is 3. The number of unbranched alkanes of at least 4 members (excludes halogenated alkanes) is 14. The van der Waals surface area contributed by atoms with Crippen molar-refractivity contribution in [3.8, 4) is 0 Å². The molecule has 2 rings (SSSR count). The number of rotatable bonds is 21. The van der Waals surface area contributed by atoms with Gasteiger partial charge in [0.1, 0.15) is 39.3 Å². The highest BCUT2D eigenvalue weighted by Crippen LogP contribution is 2.14. The third kappa shape index (κ3) is 20.5. The Bertz CT molecular complexity index is 484. The van der Waals surface area contributed by atoms with E-state index < -0.39 is 0 Å². The van der Waals surface area contributed by atoms with Crippen LogP contribution in [0.25, 0.3) is 0 Å². The first-order valence-electron chi connectivity index (χ1n) is 15.3. The first kappa shape index (κ1) is 36.9. The van der Waals surface area contributed by atoms with Gasteiger partial charge in [-0.25, -0.2) is 0 Å². The number of esters is 1. The van der Waals surface area contributed by atoms with Gasteiger partial charge in [0.25, 0.3) is 0 Å². The summed E-state index contributed by atoms with van der Waals surface area (Å²) in [6.45, 7) is 11.5. The molecule has 0 aliphatic carbocycles. The Morgan fingerprint density at radius 3 is 1.35 bits per heavy atom. The molecule has 0 saturated carbocycles. The Hall–Kier alpha value is -0.110. The Morgan fingerprint density at radius 1 is 0.622 bits per heavy atom. The van der Waals surface area contributed by atoms with E-state index in [-0.39, 0.29) is 36.9 Å². The molecule has 37 heavy (non-hydrogen) atoms. The molecule has 2 aliphatic rings. The molecule has 0 aromatic heterocycles. The van der Waals surface area contributed by atoms with Crippen LogP contribution >= 0.6 is 0 Å². The van der Waals surface area contributed by atoms with Crippen LogP contribution in [0.2, 0.25) is 0 Å². The first-order valence-corrected chi connectivity index (χ1v) is 15.3. The summed E-state index contributed by atoms with van der Waals surface area (Å²) in [6.07, 6.45) is 20.8. The van der Waals surface area contributed by atoms with Crippen molar-refractivity contribution in [2.75, 3.05) is 65.7 Å². The van der Waals surface area contributed by atoms with Crippen LogP contribution in [0, 0.1) is 0 Å². The van der Waals surface area contributed by atoms with E-state index in [1.54, 1.807) is 0 Å². The lowest BCUT2D eigenvalue weighted by Gasteiger charge is -2.30. The molecule has 0 radical (unpaired) electrons. The lowest BCUT2D eigenvalue weighted by molar-refractivity contribution is -0.931. The highest BCUT2D eigenvalue weighted by Gasteiger charge is 2.28. The standard InChI is InChI=1S/C29H56N2O4.2ClH/c1-2-3-4-5-6-7-8-9-10-11-12-13-14-15-16-17-29(32)35-28(26-30-18-22-33-23-19-30)27-31-20-24-34-25-21-31;;/h28H,2-27H2,1H3;2*1H. The van der Waals surface area contributed by atoms with Crippen molar-refractivity contribution >= 4 is 5.97 Å². The van der Waals surface area contributed by atoms with Crippen LogP contribution in [0.1, 0.15) is 110 Å². The minimum absolute atomic E-state index is 0. The number of hydrogen-bond donors (Lipinski definition) is 2. The van der Waals surface area contributed by atoms with E-state index in [0.29, 0.717) is 6.42 Å². The number of quaternary nitrogens is 2. The molecule has 2 saturated heterocycles. The van der Waals surface area contributed by atoms with E-state index in [1.165, 1.54) is 93.3 Å². The normalized spacial score (nSPS) is 16.8. The van der Waals surface area contributed by atoms with Crippen molar-refractivity contribution in [3.63, 3.8) is 0 Å². The molecule has 0 amide bonds. The summed E-state index contributed by atoms with van der Waals surface area (Å²) in [7, 11) is 0. The number of halogens is 2. The lowest BCUT2D eigenvalue weighted by Crippen LogP contribution is -3.18. The molecular formula is C29H58Cl2N2O4. The number of nitrogens with one attached hydrogen (secondary N) is 2. The SMILES string of the molecule is CCCCCCCCCCCCCCCCCC(=O)OC(C[NH+]1CCOCC1)C[NH+]1CCOCC1.[Cl-].[Cl-]. The van der Waals surface area contributed by atoms with Gasteiger partial charge in [-0.3, -0.25) is 4.79 Å². The maximum absolute atomic E-state index is 12.6. The number of carbonyl (C=O) groups excluding carboxylic acids is 1. The average Bonchev–Trinajstić information content (AvgIpc) is 2.87. The van der Waals surface area contributed by atoms with Gasteiger partial charge < -0.3 is 48.8 Å². The summed E-state index contributed by atoms with van der Waals surface area (Å²) >= 11 is 0. The molecule has 2 N–H and O–H groups in total. The van der Waals surface area contributed by atoms with Gasteiger partial charge in [0.2, 0.25) is 0 Å². The van der Waals surface area contributed by atoms with E-state index in [1.807, 2.05) is 0 Å². The van der Waals surface area contributed by atoms with Crippen LogP contribution < -0.4 is 34.6 Å². The van der Waals surface area contributed by atoms with Gasteiger partial charge in [-0.15, -0.1) is 0 Å². The third-order valence-electron chi connectivity index (χ3n) is 7.72. The van der Waals surface area contributed by atoms with Crippen LogP contribution in [0.3, 0.4) is 0 Å². The first-order chi connectivity index (χ1) is 17.3. The van der Waals surface area contributed by atoms with Gasteiger partial charge in [-0.1, -0.05) is 96.8 Å². The second-order valence-corrected chi connectivity index (χ2v) is 10.9. The van der Waals surface area contributed by atoms with Gasteiger partial charge in [-0.05, 0) is 6.42 Å².